The molecule has 10 rings (SSSR count). The number of carbonyl (C=O) groups excluding carboxylic acids is 8. The number of carboxylic acids is 2. The first kappa shape index (κ1) is 86.1. The first-order chi connectivity index (χ1) is 50.3. The quantitative estimate of drug-likeness (QED) is 0.0330. The summed E-state index contributed by atoms with van der Waals surface area (Å²) >= 11 is 0. The molecular weight excluding hydrogens is 1390 g/mol. The molecule has 12 atom stereocenters. The van der Waals surface area contributed by atoms with E-state index in [4.69, 9.17) is 21.7 Å². The van der Waals surface area contributed by atoms with Crippen LogP contribution in [-0.4, -0.2) is 185 Å². The summed E-state index contributed by atoms with van der Waals surface area (Å²) in [6.45, 7) is 13.5. The molecule has 4 fully saturated rings. The number of pyridine rings is 2. The van der Waals surface area contributed by atoms with Crippen LogP contribution in [0, 0.1) is 23.7 Å². The van der Waals surface area contributed by atoms with Crippen molar-refractivity contribution in [2.75, 3.05) is 26.2 Å². The summed E-state index contributed by atoms with van der Waals surface area (Å²) in [5.41, 5.74) is 13.4. The second-order valence-electron chi connectivity index (χ2n) is 30.7. The molecule has 570 valence electrons. The SMILES string of the molecule is CC(C)(C)NC(=O)[C@@H]1C[C@@H]2CCCC[C@@H]2CN1C[C@@H](O)[C@H](Cc1ccccc1)NC(=O)[C@H](CC(N)=O)NC(=O)c1ccc2ccccc2n1.CC(C)(C)NC(=O)[C@@H]1C[C@@H]2CCCC[C@@H]2CN1C[C@@H](O)[C@H](Cc1ccccc1)NC(=O)[C@H](CC(N)=O)NC(=O)c1ccc2ccccc2n1.O=C(O)CCC(=O)O.[K+]. The molecule has 2 aliphatic heterocycles. The number of β-amino-alcohol motifs (C(OH)–C–C–N with tert-alkyl or cyclic N) is 2. The number of nitrogens with zero attached hydrogens (tertiary/aromatic N) is 4. The van der Waals surface area contributed by atoms with Crippen LogP contribution in [0.2, 0.25) is 0 Å². The van der Waals surface area contributed by atoms with Crippen molar-refractivity contribution in [2.45, 2.75) is 204 Å². The summed E-state index contributed by atoms with van der Waals surface area (Å²) in [4.78, 5) is 138. The van der Waals surface area contributed by atoms with Crippen molar-refractivity contribution < 1.29 is 120 Å². The molecule has 27 heteroatoms. The van der Waals surface area contributed by atoms with Gasteiger partial charge in [-0.05, 0) is 139 Å². The van der Waals surface area contributed by atoms with Crippen LogP contribution in [0.25, 0.3) is 21.8 Å². The average molecular weight is 1500 g/mol. The number of aliphatic hydroxyl groups excluding tert-OH is 2. The fourth-order valence-corrected chi connectivity index (χ4v) is 14.7. The number of carboxylic acid groups (broad SMARTS) is 2. The Kier molecular flexibility index (Phi) is 32.9. The van der Waals surface area contributed by atoms with E-state index in [9.17, 15) is 58.2 Å². The summed E-state index contributed by atoms with van der Waals surface area (Å²) in [6, 6.07) is 35.3. The maximum atomic E-state index is 13.8. The van der Waals surface area contributed by atoms with E-state index < -0.39 is 120 Å². The van der Waals surface area contributed by atoms with Gasteiger partial charge in [-0.25, -0.2) is 9.97 Å². The first-order valence-corrected chi connectivity index (χ1v) is 36.9. The van der Waals surface area contributed by atoms with Crippen LogP contribution in [0.3, 0.4) is 0 Å². The Morgan fingerprint density at radius 2 is 0.804 bits per heavy atom. The van der Waals surface area contributed by atoms with Crippen molar-refractivity contribution in [1.82, 2.24) is 51.7 Å². The van der Waals surface area contributed by atoms with Crippen LogP contribution in [0.5, 0.6) is 0 Å². The summed E-state index contributed by atoms with van der Waals surface area (Å²) < 4.78 is 0. The fraction of sp³-hybridized carbons (Fsp3) is 0.500. The Hall–Kier alpha value is -8.12. The van der Waals surface area contributed by atoms with Crippen molar-refractivity contribution in [3.05, 3.63) is 156 Å². The third-order valence-electron chi connectivity index (χ3n) is 19.9. The molecule has 0 radical (unpaired) electrons. The number of amides is 8. The molecule has 2 aliphatic carbocycles. The zero-order chi connectivity index (χ0) is 76.8. The largest absolute Gasteiger partial charge is 1.00 e. The summed E-state index contributed by atoms with van der Waals surface area (Å²) in [5, 5.41) is 58.6. The van der Waals surface area contributed by atoms with E-state index >= 15 is 0 Å². The number of benzene rings is 4. The number of aliphatic carboxylic acids is 2. The molecule has 6 aromatic rings. The van der Waals surface area contributed by atoms with E-state index in [1.165, 1.54) is 12.8 Å². The van der Waals surface area contributed by atoms with Gasteiger partial charge in [0.1, 0.15) is 23.5 Å². The number of nitrogens with one attached hydrogen (secondary N) is 6. The van der Waals surface area contributed by atoms with Crippen molar-refractivity contribution >= 4 is 81.0 Å². The summed E-state index contributed by atoms with van der Waals surface area (Å²) in [7, 11) is 0. The Labute approximate surface area is 668 Å². The van der Waals surface area contributed by atoms with Crippen molar-refractivity contribution in [2.24, 2.45) is 35.1 Å². The number of para-hydroxylation sites is 2. The second kappa shape index (κ2) is 40.9. The predicted octanol–water partition coefficient (Wildman–Crippen LogP) is 3.12. The van der Waals surface area contributed by atoms with Gasteiger partial charge in [-0.1, -0.05) is 148 Å². The van der Waals surface area contributed by atoms with E-state index in [-0.39, 0.29) is 113 Å². The Balaban J connectivity index is 0.000000268. The van der Waals surface area contributed by atoms with Crippen LogP contribution in [0.1, 0.15) is 164 Å². The summed E-state index contributed by atoms with van der Waals surface area (Å²) in [5.74, 6) is -4.54. The van der Waals surface area contributed by atoms with E-state index in [0.717, 1.165) is 73.3 Å². The van der Waals surface area contributed by atoms with Crippen molar-refractivity contribution in [3.63, 3.8) is 0 Å². The van der Waals surface area contributed by atoms with Crippen LogP contribution < -0.4 is 94.8 Å². The van der Waals surface area contributed by atoms with Gasteiger partial charge in [-0.2, -0.15) is 0 Å². The molecule has 0 unspecified atom stereocenters. The van der Waals surface area contributed by atoms with Gasteiger partial charge >= 0.3 is 63.3 Å². The molecular formula is C80H106KN12O14+. The molecule has 4 aromatic carbocycles. The molecule has 0 spiro atoms. The Morgan fingerprint density at radius 1 is 0.467 bits per heavy atom. The zero-order valence-corrected chi connectivity index (χ0v) is 65.7. The molecule has 2 aromatic heterocycles. The predicted molar refractivity (Wildman–Crippen MR) is 401 cm³/mol. The van der Waals surface area contributed by atoms with Gasteiger partial charge in [0.25, 0.3) is 11.8 Å². The number of carbonyl (C=O) groups is 10. The number of fused-ring (bicyclic) bond motifs is 4. The molecule has 0 bridgehead atoms. The number of hydrogen-bond donors (Lipinski definition) is 12. The number of rotatable bonds is 27. The van der Waals surface area contributed by atoms with E-state index in [1.807, 2.05) is 139 Å². The number of hydrogen-bond acceptors (Lipinski definition) is 16. The average Bonchev–Trinajstić information content (AvgIpc) is 0.803. The van der Waals surface area contributed by atoms with Crippen LogP contribution >= 0.6 is 0 Å². The van der Waals surface area contributed by atoms with Crippen LogP contribution in [0.4, 0.5) is 0 Å². The monoisotopic (exact) mass is 1500 g/mol. The summed E-state index contributed by atoms with van der Waals surface area (Å²) in [6.07, 6.45) is 7.47. The van der Waals surface area contributed by atoms with E-state index in [1.54, 1.807) is 36.4 Å². The van der Waals surface area contributed by atoms with Gasteiger partial charge in [0, 0.05) is 48.0 Å². The zero-order valence-electron chi connectivity index (χ0n) is 62.6. The number of primary amides is 2. The second-order valence-corrected chi connectivity index (χ2v) is 30.7. The fourth-order valence-electron chi connectivity index (χ4n) is 14.7. The minimum Gasteiger partial charge on any atom is -0.481 e. The topological polar surface area (TPSA) is 408 Å². The maximum Gasteiger partial charge on any atom is 1.00 e. The molecule has 2 saturated heterocycles. The minimum atomic E-state index is -1.30. The van der Waals surface area contributed by atoms with Crippen molar-refractivity contribution in [1.29, 1.82) is 0 Å². The number of piperidine rings is 2. The number of aliphatic hydroxyl groups is 2. The number of nitrogens with two attached hydrogens (primary N) is 2. The van der Waals surface area contributed by atoms with Crippen LogP contribution in [-0.2, 0) is 51.2 Å². The van der Waals surface area contributed by atoms with Gasteiger partial charge in [0.05, 0.1) is 73.1 Å². The van der Waals surface area contributed by atoms with Gasteiger partial charge in [0.2, 0.25) is 35.4 Å². The van der Waals surface area contributed by atoms with Gasteiger partial charge in [0.15, 0.2) is 0 Å². The molecule has 8 amide bonds. The molecule has 4 heterocycles. The Morgan fingerprint density at radius 3 is 1.14 bits per heavy atom. The normalized spacial score (nSPS) is 20.3. The van der Waals surface area contributed by atoms with E-state index in [2.05, 4.69) is 51.7 Å². The first-order valence-electron chi connectivity index (χ1n) is 36.9. The van der Waals surface area contributed by atoms with E-state index in [0.29, 0.717) is 47.8 Å². The molecule has 107 heavy (non-hydrogen) atoms. The number of likely N-dealkylation sites (tertiary alicyclic amines) is 2. The Bertz CT molecular complexity index is 3760. The number of aromatic nitrogens is 2. The van der Waals surface area contributed by atoms with Crippen molar-refractivity contribution in [3.8, 4) is 0 Å². The maximum absolute atomic E-state index is 13.8. The standard InChI is InChI=1S/2C38H50N6O5.C4H6O4.K/c2*1-38(2,3)43-37(49)32-20-26-14-7-8-15-27(26)22-44(32)23-33(45)30(19-24-11-5-4-6-12-24)41-36(48)31(21-34(39)46)42-35(47)29-18-17-25-13-9-10-16-28(25)40-29;5-3(6)1-2-4(7)8;/h2*4-6,9-13,16-18,26-27,30-33,45H,7-8,14-15,19-23H2,1-3H3,(H2,39,46)(H,41,48)(H,42,47)(H,43,49);1-2H2,(H,5,6)(H,7,8);/q;;;+1/t2*26-,27+,30-,31-,32-,33+;;/m00../s1. The third kappa shape index (κ3) is 27.5. The van der Waals surface area contributed by atoms with Crippen LogP contribution in [0.15, 0.2) is 133 Å². The van der Waals surface area contributed by atoms with Gasteiger partial charge in [-0.3, -0.25) is 57.7 Å². The van der Waals surface area contributed by atoms with Gasteiger partial charge in [-0.15, -0.1) is 0 Å². The third-order valence-corrected chi connectivity index (χ3v) is 19.9. The van der Waals surface area contributed by atoms with Gasteiger partial charge < -0.3 is 63.8 Å². The molecule has 2 saturated carbocycles. The minimum absolute atomic E-state index is 0. The smallest absolute Gasteiger partial charge is 0.481 e. The molecule has 14 N–H and O–H groups in total. The molecule has 4 aliphatic rings. The molecule has 26 nitrogen and oxygen atoms in total.